The Labute approximate surface area is 268 Å². The monoisotopic (exact) mass is 666 g/mol. The summed E-state index contributed by atoms with van der Waals surface area (Å²) >= 11 is 11.6. The molecule has 3 aliphatic rings. The first-order valence-electron chi connectivity index (χ1n) is 14.2. The van der Waals surface area contributed by atoms with Crippen molar-refractivity contribution in [2.24, 2.45) is 5.92 Å². The number of aliphatic carboxylic acids is 1. The van der Waals surface area contributed by atoms with Gasteiger partial charge >= 0.3 is 5.97 Å². The Balaban J connectivity index is 0.000000555. The third-order valence-corrected chi connectivity index (χ3v) is 9.66. The van der Waals surface area contributed by atoms with Gasteiger partial charge in [-0.2, -0.15) is 4.39 Å². The number of carbonyl (C=O) groups is 2. The number of nitrogens with zero attached hydrogens (tertiary/aromatic N) is 2. The van der Waals surface area contributed by atoms with Crippen LogP contribution in [0.15, 0.2) is 91.2 Å². The molecule has 0 radical (unpaired) electrons. The van der Waals surface area contributed by atoms with Gasteiger partial charge in [0.2, 0.25) is 5.95 Å². The molecule has 4 atom stereocenters. The third-order valence-electron chi connectivity index (χ3n) is 7.37. The number of hydrogen-bond donors (Lipinski definition) is 1. The first kappa shape index (κ1) is 33.8. The van der Waals surface area contributed by atoms with E-state index in [0.717, 1.165) is 28.2 Å². The number of amides is 1. The van der Waals surface area contributed by atoms with E-state index in [-0.39, 0.29) is 24.3 Å². The summed E-state index contributed by atoms with van der Waals surface area (Å²) in [5, 5.41) is 10.3. The molecule has 1 amide bonds. The summed E-state index contributed by atoms with van der Waals surface area (Å²) in [6.07, 6.45) is 4.49. The Morgan fingerprint density at radius 3 is 2.25 bits per heavy atom. The minimum absolute atomic E-state index is 0.0228. The second-order valence-corrected chi connectivity index (χ2v) is 13.2. The van der Waals surface area contributed by atoms with Crippen LogP contribution in [0.4, 0.5) is 8.78 Å². The Kier molecular flexibility index (Phi) is 12.1. The predicted molar refractivity (Wildman–Crippen MR) is 167 cm³/mol. The highest BCUT2D eigenvalue weighted by atomic mass is 35.5. The fourth-order valence-electron chi connectivity index (χ4n) is 4.87. The van der Waals surface area contributed by atoms with Gasteiger partial charge in [0.15, 0.2) is 5.83 Å². The zero-order chi connectivity index (χ0) is 31.8. The average Bonchev–Trinajstić information content (AvgIpc) is 3.92. The van der Waals surface area contributed by atoms with Crippen molar-refractivity contribution in [3.63, 3.8) is 0 Å². The highest BCUT2D eigenvalue weighted by Crippen LogP contribution is 2.43. The topological polar surface area (TPSA) is 87.2 Å². The van der Waals surface area contributed by atoms with Gasteiger partial charge in [-0.05, 0) is 67.5 Å². The van der Waals surface area contributed by atoms with Gasteiger partial charge in [0.25, 0.3) is 5.91 Å². The van der Waals surface area contributed by atoms with Crippen molar-refractivity contribution < 1.29 is 32.4 Å². The van der Waals surface area contributed by atoms with Gasteiger partial charge in [-0.1, -0.05) is 72.3 Å². The molecular formula is C32H34Cl2F2N2O5S. The van der Waals surface area contributed by atoms with Crippen molar-refractivity contribution in [2.45, 2.75) is 55.5 Å². The number of benzene rings is 2. The molecule has 1 aliphatic heterocycles. The Hall–Kier alpha value is -3.05. The van der Waals surface area contributed by atoms with E-state index in [4.69, 9.17) is 27.9 Å². The molecule has 1 saturated heterocycles. The Morgan fingerprint density at radius 1 is 1.09 bits per heavy atom. The van der Waals surface area contributed by atoms with Crippen LogP contribution in [0.1, 0.15) is 43.7 Å². The number of carboxylic acid groups (broad SMARTS) is 1. The van der Waals surface area contributed by atoms with Crippen molar-refractivity contribution in [1.82, 2.24) is 9.21 Å². The summed E-state index contributed by atoms with van der Waals surface area (Å²) in [7, 11) is -1.84. The maximum atomic E-state index is 15.4. The van der Waals surface area contributed by atoms with Crippen molar-refractivity contribution >= 4 is 46.1 Å². The molecule has 1 N–H and O–H groups in total. The molecule has 236 valence electrons. The second kappa shape index (κ2) is 15.8. The van der Waals surface area contributed by atoms with Crippen LogP contribution in [0.2, 0.25) is 10.0 Å². The fraction of sp³-hybridized carbons (Fsp3) is 0.375. The van der Waals surface area contributed by atoms with Gasteiger partial charge in [-0.3, -0.25) is 13.9 Å². The summed E-state index contributed by atoms with van der Waals surface area (Å²) < 4.78 is 49.8. The van der Waals surface area contributed by atoms with Crippen LogP contribution in [0.3, 0.4) is 0 Å². The standard InChI is InChI=1S/C26H29ClF2N2O5S.C6H5Cl/c1-2-3-4-20(28)25(29)30(37(35)19-11-12-19)14-21(16-5-6-16)31-22(17-7-9-18(27)10-8-17)15-36-23(26(31)34)13-24(32)33;7-6-4-2-1-3-5-6/h2-4,7-10,16,19,21-23H,1,5-6,11-15H2,(H,32,33);1-5H/b4-3-,25-20+;/t21?,22-,23?,37?;/m0./s1. The Morgan fingerprint density at radius 2 is 1.73 bits per heavy atom. The number of rotatable bonds is 12. The molecule has 2 aliphatic carbocycles. The lowest BCUT2D eigenvalue weighted by molar-refractivity contribution is -0.170. The molecule has 7 nitrogen and oxygen atoms in total. The number of carboxylic acids is 1. The average molecular weight is 668 g/mol. The van der Waals surface area contributed by atoms with Crippen LogP contribution in [0.25, 0.3) is 0 Å². The van der Waals surface area contributed by atoms with Gasteiger partial charge in [0, 0.05) is 10.0 Å². The predicted octanol–water partition coefficient (Wildman–Crippen LogP) is 7.18. The number of carbonyl (C=O) groups excluding carboxylic acids is 1. The first-order chi connectivity index (χ1) is 21.1. The highest BCUT2D eigenvalue weighted by molar-refractivity contribution is 7.83. The van der Waals surface area contributed by atoms with E-state index in [1.54, 1.807) is 29.2 Å². The molecule has 2 saturated carbocycles. The zero-order valence-corrected chi connectivity index (χ0v) is 26.2. The molecular weight excluding hydrogens is 633 g/mol. The van der Waals surface area contributed by atoms with Crippen molar-refractivity contribution in [3.8, 4) is 0 Å². The van der Waals surface area contributed by atoms with E-state index in [2.05, 4.69) is 6.58 Å². The number of morpholine rings is 1. The molecule has 5 rings (SSSR count). The number of ether oxygens (including phenoxy) is 1. The minimum Gasteiger partial charge on any atom is -0.481 e. The van der Waals surface area contributed by atoms with E-state index in [1.165, 1.54) is 12.2 Å². The van der Waals surface area contributed by atoms with Gasteiger partial charge < -0.3 is 14.7 Å². The van der Waals surface area contributed by atoms with Crippen LogP contribution < -0.4 is 0 Å². The van der Waals surface area contributed by atoms with E-state index >= 15 is 4.39 Å². The lowest BCUT2D eigenvalue weighted by Gasteiger charge is -2.45. The minimum atomic E-state index is -1.84. The van der Waals surface area contributed by atoms with E-state index in [0.29, 0.717) is 23.4 Å². The van der Waals surface area contributed by atoms with Crippen molar-refractivity contribution in [1.29, 1.82) is 0 Å². The molecule has 44 heavy (non-hydrogen) atoms. The largest absolute Gasteiger partial charge is 0.481 e. The fourth-order valence-corrected chi connectivity index (χ4v) is 6.59. The second-order valence-electron chi connectivity index (χ2n) is 10.7. The summed E-state index contributed by atoms with van der Waals surface area (Å²) in [6.45, 7) is 3.27. The van der Waals surface area contributed by atoms with Crippen LogP contribution in [-0.4, -0.2) is 60.9 Å². The smallest absolute Gasteiger partial charge is 0.306 e. The molecule has 0 spiro atoms. The van der Waals surface area contributed by atoms with E-state index < -0.39 is 59.2 Å². The molecule has 0 aromatic heterocycles. The molecule has 12 heteroatoms. The quantitative estimate of drug-likeness (QED) is 0.192. The number of hydrogen-bond acceptors (Lipinski definition) is 4. The molecule has 1 heterocycles. The Bertz CT molecular complexity index is 1400. The van der Waals surface area contributed by atoms with Crippen LogP contribution >= 0.6 is 23.2 Å². The molecule has 3 unspecified atom stereocenters. The SMILES string of the molecule is C=C/C=C\C(F)=C(\F)N(CC(C1CC1)N1C(=O)C(CC(=O)O)OC[C@H]1c1ccc(Cl)cc1)S(=O)C1CC1.Clc1ccccc1. The van der Waals surface area contributed by atoms with Gasteiger partial charge in [0.1, 0.15) is 17.1 Å². The van der Waals surface area contributed by atoms with Gasteiger partial charge in [-0.15, -0.1) is 0 Å². The van der Waals surface area contributed by atoms with E-state index in [9.17, 15) is 23.3 Å². The summed E-state index contributed by atoms with van der Waals surface area (Å²) in [6, 6.07) is 15.0. The number of halogens is 4. The third kappa shape index (κ3) is 9.23. The molecule has 2 aromatic carbocycles. The van der Waals surface area contributed by atoms with Crippen LogP contribution in [0.5, 0.6) is 0 Å². The maximum absolute atomic E-state index is 15.4. The summed E-state index contributed by atoms with van der Waals surface area (Å²) in [5.41, 5.74) is 0.711. The molecule has 2 aromatic rings. The lowest BCUT2D eigenvalue weighted by atomic mass is 9.97. The lowest BCUT2D eigenvalue weighted by Crippen LogP contribution is -2.57. The van der Waals surface area contributed by atoms with Crippen molar-refractivity contribution in [3.05, 3.63) is 107 Å². The maximum Gasteiger partial charge on any atom is 0.306 e. The highest BCUT2D eigenvalue weighted by Gasteiger charge is 2.48. The van der Waals surface area contributed by atoms with Crippen LogP contribution in [0, 0.1) is 5.92 Å². The normalized spacial score (nSPS) is 22.0. The van der Waals surface area contributed by atoms with E-state index in [1.807, 2.05) is 30.3 Å². The summed E-state index contributed by atoms with van der Waals surface area (Å²) in [5.74, 6) is -4.22. The van der Waals surface area contributed by atoms with Gasteiger partial charge in [-0.25, -0.2) is 8.60 Å². The van der Waals surface area contributed by atoms with Crippen LogP contribution in [-0.2, 0) is 25.3 Å². The van der Waals surface area contributed by atoms with Gasteiger partial charge in [0.05, 0.1) is 36.9 Å². The number of allylic oxidation sites excluding steroid dienone is 4. The molecule has 3 fully saturated rings. The molecule has 0 bridgehead atoms. The van der Waals surface area contributed by atoms with Crippen molar-refractivity contribution in [2.75, 3.05) is 13.2 Å². The first-order valence-corrected chi connectivity index (χ1v) is 16.2. The summed E-state index contributed by atoms with van der Waals surface area (Å²) in [4.78, 5) is 26.6. The zero-order valence-electron chi connectivity index (χ0n) is 23.9.